The smallest absolute Gasteiger partial charge is 0.237 e. The lowest BCUT2D eigenvalue weighted by molar-refractivity contribution is -0.120. The fraction of sp³-hybridized carbons (Fsp3) is 0.400. The first-order valence-electron chi connectivity index (χ1n) is 5.17. The summed E-state index contributed by atoms with van der Waals surface area (Å²) in [5.74, 6) is -0.350. The highest BCUT2D eigenvalue weighted by atomic mass is 16.1. The number of hydrogen-bond donors (Lipinski definition) is 4. The van der Waals surface area contributed by atoms with Crippen LogP contribution in [0, 0.1) is 0 Å². The molecular weight excluding hydrogens is 206 g/mol. The summed E-state index contributed by atoms with van der Waals surface area (Å²) < 4.78 is 0. The molecule has 0 saturated carbocycles. The average molecular weight is 221 g/mol. The Morgan fingerprint density at radius 1 is 1.56 bits per heavy atom. The van der Waals surface area contributed by atoms with Gasteiger partial charge >= 0.3 is 0 Å². The average Bonchev–Trinajstić information content (AvgIpc) is 2.76. The van der Waals surface area contributed by atoms with Crippen molar-refractivity contribution in [2.45, 2.75) is 18.6 Å². The van der Waals surface area contributed by atoms with Crippen LogP contribution in [0.1, 0.15) is 5.56 Å². The van der Waals surface area contributed by atoms with Gasteiger partial charge < -0.3 is 11.1 Å². The van der Waals surface area contributed by atoms with Crippen molar-refractivity contribution in [3.8, 4) is 0 Å². The normalized spacial score (nSPS) is 24.5. The first kappa shape index (κ1) is 11.0. The second kappa shape index (κ2) is 5.02. The molecule has 1 saturated heterocycles. The molecule has 0 aliphatic carbocycles. The van der Waals surface area contributed by atoms with Gasteiger partial charge in [0.05, 0.1) is 0 Å². The molecule has 0 bridgehead atoms. The van der Waals surface area contributed by atoms with E-state index in [0.29, 0.717) is 13.1 Å². The van der Waals surface area contributed by atoms with Crippen molar-refractivity contribution in [2.24, 2.45) is 5.73 Å². The largest absolute Gasteiger partial charge is 0.368 e. The number of primary amides is 1. The first-order chi connectivity index (χ1) is 7.77. The van der Waals surface area contributed by atoms with E-state index in [1.165, 1.54) is 0 Å². The molecule has 1 aliphatic heterocycles. The molecule has 1 aliphatic rings. The number of carbonyl (C=O) groups excluding carboxylic acids is 1. The Hall–Kier alpha value is -1.50. The third kappa shape index (κ3) is 2.54. The number of amides is 1. The molecule has 86 valence electrons. The second-order valence-electron chi connectivity index (χ2n) is 3.75. The molecule has 1 amide bonds. The van der Waals surface area contributed by atoms with Crippen LogP contribution in [0.15, 0.2) is 24.5 Å². The maximum atomic E-state index is 11.1. The summed E-state index contributed by atoms with van der Waals surface area (Å²) in [5.41, 5.74) is 12.2. The van der Waals surface area contributed by atoms with Crippen LogP contribution >= 0.6 is 0 Å². The van der Waals surface area contributed by atoms with Crippen molar-refractivity contribution in [1.82, 2.24) is 21.2 Å². The number of nitrogens with two attached hydrogens (primary N) is 1. The Morgan fingerprint density at radius 3 is 3.00 bits per heavy atom. The van der Waals surface area contributed by atoms with E-state index in [2.05, 4.69) is 21.2 Å². The summed E-state index contributed by atoms with van der Waals surface area (Å²) in [4.78, 5) is 15.0. The van der Waals surface area contributed by atoms with Gasteiger partial charge in [-0.1, -0.05) is 0 Å². The van der Waals surface area contributed by atoms with Crippen molar-refractivity contribution >= 4 is 5.91 Å². The molecular formula is C10H15N5O. The fourth-order valence-electron chi connectivity index (χ4n) is 1.71. The molecule has 1 aromatic heterocycles. The molecule has 2 rings (SSSR count). The van der Waals surface area contributed by atoms with Gasteiger partial charge in [0.25, 0.3) is 0 Å². The van der Waals surface area contributed by atoms with Gasteiger partial charge in [-0.05, 0) is 17.7 Å². The van der Waals surface area contributed by atoms with Gasteiger partial charge in [-0.3, -0.25) is 15.2 Å². The molecule has 2 atom stereocenters. The zero-order valence-electron chi connectivity index (χ0n) is 8.81. The summed E-state index contributed by atoms with van der Waals surface area (Å²) in [6.07, 6.45) is 3.49. The van der Waals surface area contributed by atoms with Crippen molar-refractivity contribution < 1.29 is 4.79 Å². The molecule has 16 heavy (non-hydrogen) atoms. The molecule has 0 spiro atoms. The number of carbonyl (C=O) groups is 1. The highest BCUT2D eigenvalue weighted by molar-refractivity contribution is 5.81. The molecule has 2 heterocycles. The van der Waals surface area contributed by atoms with E-state index in [-0.39, 0.29) is 18.0 Å². The molecule has 6 nitrogen and oxygen atoms in total. The van der Waals surface area contributed by atoms with Crippen LogP contribution in [0.5, 0.6) is 0 Å². The van der Waals surface area contributed by atoms with Gasteiger partial charge in [0.2, 0.25) is 5.91 Å². The molecule has 5 N–H and O–H groups in total. The zero-order valence-corrected chi connectivity index (χ0v) is 8.81. The molecule has 1 aromatic rings. The quantitative estimate of drug-likeness (QED) is 0.497. The van der Waals surface area contributed by atoms with Crippen LogP contribution in [0.2, 0.25) is 0 Å². The van der Waals surface area contributed by atoms with Crippen LogP contribution in [0.3, 0.4) is 0 Å². The maximum absolute atomic E-state index is 11.1. The monoisotopic (exact) mass is 221 g/mol. The Kier molecular flexibility index (Phi) is 3.45. The lowest BCUT2D eigenvalue weighted by Gasteiger charge is -2.16. The van der Waals surface area contributed by atoms with E-state index in [4.69, 9.17) is 5.73 Å². The summed E-state index contributed by atoms with van der Waals surface area (Å²) >= 11 is 0. The number of nitrogens with zero attached hydrogens (tertiary/aromatic N) is 1. The predicted molar refractivity (Wildman–Crippen MR) is 59.0 cm³/mol. The Bertz CT molecular complexity index is 355. The van der Waals surface area contributed by atoms with Crippen LogP contribution in [0.25, 0.3) is 0 Å². The number of pyridine rings is 1. The van der Waals surface area contributed by atoms with Gasteiger partial charge in [-0.25, -0.2) is 5.43 Å². The number of hydrazine groups is 1. The van der Waals surface area contributed by atoms with Crippen molar-refractivity contribution in [1.29, 1.82) is 0 Å². The summed E-state index contributed by atoms with van der Waals surface area (Å²) in [5, 5.41) is 3.28. The van der Waals surface area contributed by atoms with Crippen LogP contribution in [0.4, 0.5) is 0 Å². The number of hydrogen-bond acceptors (Lipinski definition) is 5. The van der Waals surface area contributed by atoms with Gasteiger partial charge in [0, 0.05) is 31.5 Å². The molecule has 0 radical (unpaired) electrons. The van der Waals surface area contributed by atoms with Gasteiger partial charge in [-0.2, -0.15) is 0 Å². The van der Waals surface area contributed by atoms with Crippen molar-refractivity contribution in [3.63, 3.8) is 0 Å². The lowest BCUT2D eigenvalue weighted by Crippen LogP contribution is -2.49. The summed E-state index contributed by atoms with van der Waals surface area (Å²) in [7, 11) is 0. The molecule has 2 unspecified atom stereocenters. The number of rotatable bonds is 4. The highest BCUT2D eigenvalue weighted by Gasteiger charge is 2.30. The molecule has 1 fully saturated rings. The third-order valence-electron chi connectivity index (χ3n) is 2.61. The van der Waals surface area contributed by atoms with Crippen molar-refractivity contribution in [3.05, 3.63) is 30.1 Å². The Labute approximate surface area is 93.6 Å². The van der Waals surface area contributed by atoms with Crippen molar-refractivity contribution in [2.75, 3.05) is 6.54 Å². The van der Waals surface area contributed by atoms with Gasteiger partial charge in [-0.15, -0.1) is 0 Å². The maximum Gasteiger partial charge on any atom is 0.237 e. The predicted octanol–water partition coefficient (Wildman–Crippen LogP) is -1.50. The summed E-state index contributed by atoms with van der Waals surface area (Å²) in [6, 6.07) is 3.52. The molecule has 0 aromatic carbocycles. The summed E-state index contributed by atoms with van der Waals surface area (Å²) in [6.45, 7) is 1.37. The third-order valence-corrected chi connectivity index (χ3v) is 2.61. The Balaban J connectivity index is 1.88. The topological polar surface area (TPSA) is 92.1 Å². The van der Waals surface area contributed by atoms with E-state index >= 15 is 0 Å². The SMILES string of the molecule is NC(=O)C1NNCC1NCc1ccncc1. The van der Waals surface area contributed by atoms with E-state index in [1.807, 2.05) is 12.1 Å². The second-order valence-corrected chi connectivity index (χ2v) is 3.75. The standard InChI is InChI=1S/C10H15N5O/c11-10(16)9-8(6-14-15-9)13-5-7-1-3-12-4-2-7/h1-4,8-9,13-15H,5-6H2,(H2,11,16). The minimum Gasteiger partial charge on any atom is -0.368 e. The number of nitrogens with one attached hydrogen (secondary N) is 3. The first-order valence-corrected chi connectivity index (χ1v) is 5.17. The van der Waals surface area contributed by atoms with Crippen LogP contribution in [-0.2, 0) is 11.3 Å². The van der Waals surface area contributed by atoms with Gasteiger partial charge in [0.1, 0.15) is 6.04 Å². The van der Waals surface area contributed by atoms with Crippen LogP contribution < -0.4 is 21.9 Å². The lowest BCUT2D eigenvalue weighted by atomic mass is 10.1. The van der Waals surface area contributed by atoms with E-state index in [1.54, 1.807) is 12.4 Å². The van der Waals surface area contributed by atoms with E-state index in [9.17, 15) is 4.79 Å². The van der Waals surface area contributed by atoms with E-state index in [0.717, 1.165) is 5.56 Å². The zero-order chi connectivity index (χ0) is 11.4. The minimum absolute atomic E-state index is 0.0191. The highest BCUT2D eigenvalue weighted by Crippen LogP contribution is 2.01. The minimum atomic E-state index is -0.359. The van der Waals surface area contributed by atoms with Crippen LogP contribution in [-0.4, -0.2) is 29.5 Å². The van der Waals surface area contributed by atoms with Gasteiger partial charge in [0.15, 0.2) is 0 Å². The Morgan fingerprint density at radius 2 is 2.31 bits per heavy atom. The van der Waals surface area contributed by atoms with E-state index < -0.39 is 0 Å². The fourth-order valence-corrected chi connectivity index (χ4v) is 1.71. The number of aromatic nitrogens is 1. The molecule has 6 heteroatoms.